The predicted octanol–water partition coefficient (Wildman–Crippen LogP) is 3.44. The lowest BCUT2D eigenvalue weighted by Gasteiger charge is -2.06. The Morgan fingerprint density at radius 2 is 1.75 bits per heavy atom. The summed E-state index contributed by atoms with van der Waals surface area (Å²) in [4.78, 5) is 3.43. The molecule has 2 aromatic carbocycles. The summed E-state index contributed by atoms with van der Waals surface area (Å²) in [7, 11) is 0. The first-order valence-corrected chi connectivity index (χ1v) is 6.84. The molecule has 0 fully saturated rings. The van der Waals surface area contributed by atoms with Gasteiger partial charge < -0.3 is 4.98 Å². The van der Waals surface area contributed by atoms with E-state index in [1.54, 1.807) is 0 Å². The van der Waals surface area contributed by atoms with Gasteiger partial charge in [0.2, 0.25) is 0 Å². The summed E-state index contributed by atoms with van der Waals surface area (Å²) in [6, 6.07) is 15.0. The van der Waals surface area contributed by atoms with Crippen LogP contribution in [0.15, 0.2) is 48.5 Å². The Kier molecular flexibility index (Phi) is 2.25. The van der Waals surface area contributed by atoms with E-state index in [0.717, 1.165) is 5.35 Å². The molecule has 1 N–H and O–H groups in total. The minimum absolute atomic E-state index is 0.995. The van der Waals surface area contributed by atoms with E-state index in [-0.39, 0.29) is 0 Å². The van der Waals surface area contributed by atoms with E-state index in [1.165, 1.54) is 38.4 Å². The van der Waals surface area contributed by atoms with Gasteiger partial charge in [-0.3, -0.25) is 0 Å². The Morgan fingerprint density at radius 1 is 0.950 bits per heavy atom. The van der Waals surface area contributed by atoms with Gasteiger partial charge in [0.25, 0.3) is 0 Å². The molecule has 0 saturated carbocycles. The monoisotopic (exact) mass is 257 g/mol. The summed E-state index contributed by atoms with van der Waals surface area (Å²) >= 11 is 0. The second-order valence-electron chi connectivity index (χ2n) is 5.31. The number of benzene rings is 2. The van der Waals surface area contributed by atoms with E-state index in [1.807, 2.05) is 0 Å². The molecule has 0 bridgehead atoms. The van der Waals surface area contributed by atoms with Gasteiger partial charge >= 0.3 is 0 Å². The van der Waals surface area contributed by atoms with Gasteiger partial charge in [0.1, 0.15) is 0 Å². The highest BCUT2D eigenvalue weighted by Gasteiger charge is 2.14. The average Bonchev–Trinajstić information content (AvgIpc) is 2.98. The largest absolute Gasteiger partial charge is 0.355 e. The van der Waals surface area contributed by atoms with Crippen LogP contribution in [0.1, 0.15) is 12.5 Å². The number of aromatic amines is 1. The van der Waals surface area contributed by atoms with Crippen molar-refractivity contribution in [2.45, 2.75) is 6.92 Å². The fourth-order valence-corrected chi connectivity index (χ4v) is 3.09. The van der Waals surface area contributed by atoms with Gasteiger partial charge in [-0.05, 0) is 28.8 Å². The van der Waals surface area contributed by atoms with Gasteiger partial charge in [-0.25, -0.2) is 0 Å². The van der Waals surface area contributed by atoms with Gasteiger partial charge in [0, 0.05) is 21.8 Å². The molecule has 96 valence electrons. The number of H-pyrrole nitrogens is 1. The van der Waals surface area contributed by atoms with Crippen LogP contribution in [0, 0.1) is 0 Å². The Balaban J connectivity index is 2.15. The molecule has 3 aromatic rings. The first-order valence-electron chi connectivity index (χ1n) is 6.84. The third-order valence-corrected chi connectivity index (χ3v) is 4.07. The Morgan fingerprint density at radius 3 is 2.65 bits per heavy atom. The Bertz CT molecular complexity index is 965. The predicted molar refractivity (Wildman–Crippen MR) is 86.6 cm³/mol. The first-order chi connectivity index (χ1) is 9.75. The highest BCUT2D eigenvalue weighted by molar-refractivity contribution is 5.99. The SMILES string of the molecule is C=c1[nH]c2c(c1-c1cccc3ccccc13)C=CC=2C. The van der Waals surface area contributed by atoms with Crippen molar-refractivity contribution in [2.75, 3.05) is 0 Å². The van der Waals surface area contributed by atoms with Crippen LogP contribution in [-0.2, 0) is 0 Å². The molecule has 0 spiro atoms. The summed E-state index contributed by atoms with van der Waals surface area (Å²) in [5.74, 6) is 0. The Hall–Kier alpha value is -2.54. The zero-order valence-electron chi connectivity index (χ0n) is 11.4. The number of fused-ring (bicyclic) bond motifs is 2. The maximum atomic E-state index is 4.20. The molecule has 20 heavy (non-hydrogen) atoms. The second-order valence-corrected chi connectivity index (χ2v) is 5.31. The molecule has 0 aliphatic heterocycles. The van der Waals surface area contributed by atoms with E-state index in [4.69, 9.17) is 0 Å². The molecule has 0 amide bonds. The molecule has 0 unspecified atom stereocenters. The van der Waals surface area contributed by atoms with Crippen molar-refractivity contribution in [2.24, 2.45) is 0 Å². The van der Waals surface area contributed by atoms with E-state index >= 15 is 0 Å². The minimum atomic E-state index is 0.995. The van der Waals surface area contributed by atoms with Crippen molar-refractivity contribution < 1.29 is 0 Å². The molecule has 1 aromatic heterocycles. The lowest BCUT2D eigenvalue weighted by Crippen LogP contribution is -2.09. The molecule has 1 aliphatic rings. The normalized spacial score (nSPS) is 13.2. The van der Waals surface area contributed by atoms with E-state index < -0.39 is 0 Å². The van der Waals surface area contributed by atoms with E-state index in [2.05, 4.69) is 73.1 Å². The number of hydrogen-bond acceptors (Lipinski definition) is 0. The number of rotatable bonds is 1. The van der Waals surface area contributed by atoms with Crippen molar-refractivity contribution in [3.05, 3.63) is 64.8 Å². The molecule has 1 aliphatic carbocycles. The highest BCUT2D eigenvalue weighted by atomic mass is 14.7. The molecule has 1 heterocycles. The van der Waals surface area contributed by atoms with Crippen LogP contribution < -0.4 is 10.7 Å². The van der Waals surface area contributed by atoms with E-state index in [9.17, 15) is 0 Å². The molecule has 1 nitrogen and oxygen atoms in total. The lowest BCUT2D eigenvalue weighted by molar-refractivity contribution is 1.26. The Labute approximate surface area is 117 Å². The van der Waals surface area contributed by atoms with Crippen LogP contribution in [0.3, 0.4) is 0 Å². The van der Waals surface area contributed by atoms with Gasteiger partial charge in [-0.15, -0.1) is 0 Å². The highest BCUT2D eigenvalue weighted by Crippen LogP contribution is 2.29. The lowest BCUT2D eigenvalue weighted by atomic mass is 9.97. The minimum Gasteiger partial charge on any atom is -0.355 e. The molecule has 0 radical (unpaired) electrons. The van der Waals surface area contributed by atoms with Crippen LogP contribution in [-0.4, -0.2) is 4.98 Å². The van der Waals surface area contributed by atoms with Crippen molar-refractivity contribution in [3.8, 4) is 11.1 Å². The average molecular weight is 257 g/mol. The van der Waals surface area contributed by atoms with Crippen LogP contribution in [0.4, 0.5) is 0 Å². The van der Waals surface area contributed by atoms with Crippen molar-refractivity contribution in [1.29, 1.82) is 0 Å². The summed E-state index contributed by atoms with van der Waals surface area (Å²) in [6.45, 7) is 6.33. The third-order valence-electron chi connectivity index (χ3n) is 4.07. The number of aromatic nitrogens is 1. The maximum Gasteiger partial charge on any atom is 0.0494 e. The fraction of sp³-hybridized carbons (Fsp3) is 0.0526. The molecule has 4 rings (SSSR count). The second kappa shape index (κ2) is 3.97. The number of nitrogens with one attached hydrogen (secondary N) is 1. The summed E-state index contributed by atoms with van der Waals surface area (Å²) in [5, 5.41) is 4.75. The maximum absolute atomic E-state index is 4.20. The van der Waals surface area contributed by atoms with Gasteiger partial charge in [-0.2, -0.15) is 0 Å². The zero-order chi connectivity index (χ0) is 13.7. The van der Waals surface area contributed by atoms with Gasteiger partial charge in [0.15, 0.2) is 0 Å². The first kappa shape index (κ1) is 11.3. The van der Waals surface area contributed by atoms with Crippen molar-refractivity contribution >= 4 is 29.0 Å². The van der Waals surface area contributed by atoms with Crippen LogP contribution in [0.2, 0.25) is 0 Å². The fourth-order valence-electron chi connectivity index (χ4n) is 3.09. The summed E-state index contributed by atoms with van der Waals surface area (Å²) < 4.78 is 0. The molecular formula is C19H15N. The van der Waals surface area contributed by atoms with Gasteiger partial charge in [0.05, 0.1) is 0 Å². The standard InChI is InChI=1S/C19H15N/c1-12-10-11-17-18(13(2)20-19(12)17)16-9-5-7-14-6-3-4-8-15(14)16/h3-11,20H,2H2,1H3. The van der Waals surface area contributed by atoms with Crippen LogP contribution in [0.5, 0.6) is 0 Å². The number of allylic oxidation sites excluding steroid dienone is 1. The quantitative estimate of drug-likeness (QED) is 0.687. The number of hydrogen-bond donors (Lipinski definition) is 1. The van der Waals surface area contributed by atoms with Crippen LogP contribution in [0.25, 0.3) is 40.1 Å². The van der Waals surface area contributed by atoms with Gasteiger partial charge in [-0.1, -0.05) is 61.2 Å². The topological polar surface area (TPSA) is 15.8 Å². The molecule has 0 atom stereocenters. The summed E-state index contributed by atoms with van der Waals surface area (Å²) in [5.41, 5.74) is 5.02. The van der Waals surface area contributed by atoms with Crippen molar-refractivity contribution in [3.63, 3.8) is 0 Å². The molecule has 1 heteroatoms. The molecule has 0 saturated heterocycles. The molecular weight excluding hydrogens is 242 g/mol. The smallest absolute Gasteiger partial charge is 0.0494 e. The van der Waals surface area contributed by atoms with Crippen LogP contribution >= 0.6 is 0 Å². The summed E-state index contributed by atoms with van der Waals surface area (Å²) in [6.07, 6.45) is 4.35. The third kappa shape index (κ3) is 1.44. The van der Waals surface area contributed by atoms with E-state index in [0.29, 0.717) is 0 Å². The van der Waals surface area contributed by atoms with Crippen molar-refractivity contribution in [1.82, 2.24) is 4.98 Å². The zero-order valence-corrected chi connectivity index (χ0v) is 11.4.